The maximum Gasteiger partial charge on any atom is 0.885 e. The largest absolute Gasteiger partial charge is 0.885 e. The summed E-state index contributed by atoms with van der Waals surface area (Å²) < 4.78 is 43.7. The van der Waals surface area contributed by atoms with Crippen molar-refractivity contribution >= 4 is 9.05 Å². The van der Waals surface area contributed by atoms with E-state index in [-0.39, 0.29) is 11.5 Å². The molecule has 0 unspecified atom stereocenters. The highest BCUT2D eigenvalue weighted by Crippen LogP contribution is 2.22. The maximum absolute atomic E-state index is 12.6. The summed E-state index contributed by atoms with van der Waals surface area (Å²) in [5.74, 6) is 0.334. The molecule has 0 amide bonds. The fourth-order valence-corrected chi connectivity index (χ4v) is 5.05. The molecule has 0 fully saturated rings. The number of hydrogen-bond acceptors (Lipinski definition) is 4. The average Bonchev–Trinajstić information content (AvgIpc) is 2.93. The first kappa shape index (κ1) is 32.0. The van der Waals surface area contributed by atoms with Crippen molar-refractivity contribution in [3.05, 3.63) is 60.7 Å². The van der Waals surface area contributed by atoms with Gasteiger partial charge in [0.1, 0.15) is 11.5 Å². The van der Waals surface area contributed by atoms with E-state index >= 15 is 0 Å². The Morgan fingerprint density at radius 2 is 0.861 bits per heavy atom. The molecule has 0 atom stereocenters. The van der Waals surface area contributed by atoms with Crippen LogP contribution in [0.3, 0.4) is 0 Å². The van der Waals surface area contributed by atoms with E-state index in [4.69, 9.17) is 8.85 Å². The van der Waals surface area contributed by atoms with Crippen LogP contribution in [-0.2, 0) is 9.26 Å². The van der Waals surface area contributed by atoms with Crippen LogP contribution in [0.15, 0.2) is 60.7 Å². The molecule has 0 N–H and O–H groups in total. The van der Waals surface area contributed by atoms with Gasteiger partial charge in [-0.1, -0.05) is 98.8 Å². The molecule has 2 rings (SSSR count). The third-order valence-electron chi connectivity index (χ3n) is 6.11. The zero-order valence-electron chi connectivity index (χ0n) is 22.6. The minimum absolute atomic E-state index is 0.167. The summed E-state index contributed by atoms with van der Waals surface area (Å²) in [5.41, 5.74) is 0. The SMILES string of the molecule is CCCC[N+](CCCC)(CCCC)CCCC.FO[Si](OF)(Oc1ccccc1)Oc1ccccc1. The molecular formula is C28H46F2NO4Si+. The summed E-state index contributed by atoms with van der Waals surface area (Å²) >= 11 is 0. The van der Waals surface area contributed by atoms with Crippen molar-refractivity contribution in [1.29, 1.82) is 0 Å². The number of quaternary nitrogens is 1. The number of unbranched alkanes of at least 4 members (excludes halogenated alkanes) is 4. The van der Waals surface area contributed by atoms with Gasteiger partial charge in [-0.15, -0.1) is 9.26 Å². The van der Waals surface area contributed by atoms with Gasteiger partial charge in [0.05, 0.1) is 26.2 Å². The molecule has 0 spiro atoms. The van der Waals surface area contributed by atoms with Crippen LogP contribution in [0.5, 0.6) is 11.5 Å². The van der Waals surface area contributed by atoms with Gasteiger partial charge in [-0.25, -0.2) is 0 Å². The summed E-state index contributed by atoms with van der Waals surface area (Å²) in [6.45, 7) is 15.0. The molecule has 0 radical (unpaired) electrons. The lowest BCUT2D eigenvalue weighted by Gasteiger charge is -2.39. The first-order chi connectivity index (χ1) is 17.5. The molecule has 8 heteroatoms. The van der Waals surface area contributed by atoms with Crippen LogP contribution in [0.4, 0.5) is 9.05 Å². The zero-order chi connectivity index (χ0) is 26.5. The van der Waals surface area contributed by atoms with Crippen LogP contribution in [-0.4, -0.2) is 39.7 Å². The lowest BCUT2D eigenvalue weighted by Crippen LogP contribution is -2.51. The molecule has 0 aliphatic rings. The van der Waals surface area contributed by atoms with Gasteiger partial charge in [0.2, 0.25) is 0 Å². The van der Waals surface area contributed by atoms with Gasteiger partial charge in [-0.2, -0.15) is 0 Å². The van der Waals surface area contributed by atoms with E-state index in [1.165, 1.54) is 106 Å². The molecule has 0 aromatic heterocycles. The summed E-state index contributed by atoms with van der Waals surface area (Å²) in [4.78, 5) is 0. The van der Waals surface area contributed by atoms with Crippen molar-refractivity contribution in [1.82, 2.24) is 0 Å². The predicted molar refractivity (Wildman–Crippen MR) is 144 cm³/mol. The first-order valence-corrected chi connectivity index (χ1v) is 15.1. The smallest absolute Gasteiger partial charge is 0.468 e. The van der Waals surface area contributed by atoms with Gasteiger partial charge in [0.25, 0.3) is 0 Å². The van der Waals surface area contributed by atoms with E-state index < -0.39 is 9.05 Å². The fourth-order valence-electron chi connectivity index (χ4n) is 4.01. The molecule has 0 bridgehead atoms. The van der Waals surface area contributed by atoms with Crippen LogP contribution in [0.25, 0.3) is 0 Å². The second kappa shape index (κ2) is 19.2. The summed E-state index contributed by atoms with van der Waals surface area (Å²) in [6.07, 6.45) is 11.1. The Kier molecular flexibility index (Phi) is 17.0. The Morgan fingerprint density at radius 1 is 0.556 bits per heavy atom. The normalized spacial score (nSPS) is 11.5. The van der Waals surface area contributed by atoms with E-state index in [0.29, 0.717) is 0 Å². The van der Waals surface area contributed by atoms with Crippen molar-refractivity contribution in [3.63, 3.8) is 0 Å². The zero-order valence-corrected chi connectivity index (χ0v) is 23.6. The predicted octanol–water partition coefficient (Wildman–Crippen LogP) is 8.39. The summed E-state index contributed by atoms with van der Waals surface area (Å²) in [6, 6.07) is 16.0. The number of nitrogens with zero attached hydrogens (tertiary/aromatic N) is 1. The van der Waals surface area contributed by atoms with E-state index in [2.05, 4.69) is 37.0 Å². The molecule has 36 heavy (non-hydrogen) atoms. The van der Waals surface area contributed by atoms with Crippen LogP contribution in [0.1, 0.15) is 79.1 Å². The molecule has 2 aromatic carbocycles. The molecular weight excluding hydrogens is 480 g/mol. The summed E-state index contributed by atoms with van der Waals surface area (Å²) in [5, 5.41) is 0. The molecule has 5 nitrogen and oxygen atoms in total. The highest BCUT2D eigenvalue weighted by molar-refractivity contribution is 6.54. The Balaban J connectivity index is 0.000000363. The first-order valence-electron chi connectivity index (χ1n) is 13.4. The van der Waals surface area contributed by atoms with Crippen molar-refractivity contribution in [2.75, 3.05) is 26.2 Å². The molecule has 0 aliphatic carbocycles. The van der Waals surface area contributed by atoms with Crippen LogP contribution >= 0.6 is 0 Å². The number of benzene rings is 2. The molecule has 2 aromatic rings. The Bertz CT molecular complexity index is 686. The van der Waals surface area contributed by atoms with Crippen molar-refractivity contribution in [2.24, 2.45) is 0 Å². The number of hydrogen-bond donors (Lipinski definition) is 0. The standard InChI is InChI=1S/C16H36N.C12H10F2O4Si/c1-5-9-13-17(14-10-6-2,15-11-7-3)16-12-8-4;13-17-19(18-14,15-11-7-3-1-4-8-11)16-12-9-5-2-6-10-12/h5-16H2,1-4H3;1-10H/q+1;. The number of rotatable bonds is 18. The second-order valence-corrected chi connectivity index (χ2v) is 10.9. The lowest BCUT2D eigenvalue weighted by atomic mass is 10.1. The molecule has 0 aliphatic heterocycles. The molecule has 0 saturated carbocycles. The monoisotopic (exact) mass is 526 g/mol. The summed E-state index contributed by atoms with van der Waals surface area (Å²) in [7, 11) is -4.56. The van der Waals surface area contributed by atoms with Crippen LogP contribution < -0.4 is 8.85 Å². The van der Waals surface area contributed by atoms with Crippen LogP contribution in [0.2, 0.25) is 0 Å². The van der Waals surface area contributed by atoms with Gasteiger partial charge >= 0.3 is 9.05 Å². The Morgan fingerprint density at radius 3 is 1.11 bits per heavy atom. The Labute approximate surface area is 218 Å². The minimum atomic E-state index is -4.56. The van der Waals surface area contributed by atoms with Crippen molar-refractivity contribution in [2.45, 2.75) is 79.1 Å². The van der Waals surface area contributed by atoms with Gasteiger partial charge in [0.15, 0.2) is 0 Å². The van der Waals surface area contributed by atoms with E-state index in [0.717, 1.165) is 0 Å². The third kappa shape index (κ3) is 12.3. The van der Waals surface area contributed by atoms with Crippen molar-refractivity contribution < 1.29 is 31.6 Å². The average molecular weight is 527 g/mol. The molecule has 0 saturated heterocycles. The minimum Gasteiger partial charge on any atom is -0.468 e. The fraction of sp³-hybridized carbons (Fsp3) is 0.571. The number of para-hydroxylation sites is 2. The van der Waals surface area contributed by atoms with E-state index in [1.54, 1.807) is 36.4 Å². The second-order valence-electron chi connectivity index (χ2n) is 9.13. The third-order valence-corrected chi connectivity index (χ3v) is 7.45. The lowest BCUT2D eigenvalue weighted by molar-refractivity contribution is -0.929. The quantitative estimate of drug-likeness (QED) is 0.144. The van der Waals surface area contributed by atoms with Gasteiger partial charge in [-0.3, -0.25) is 0 Å². The van der Waals surface area contributed by atoms with Crippen molar-refractivity contribution in [3.8, 4) is 11.5 Å². The Hall–Kier alpha value is -2.00. The topological polar surface area (TPSA) is 36.9 Å². The molecule has 204 valence electrons. The van der Waals surface area contributed by atoms with Gasteiger partial charge in [-0.05, 0) is 49.9 Å². The van der Waals surface area contributed by atoms with E-state index in [9.17, 15) is 9.05 Å². The van der Waals surface area contributed by atoms with E-state index in [1.807, 2.05) is 0 Å². The number of halogens is 2. The highest BCUT2D eigenvalue weighted by atomic mass is 28.4. The van der Waals surface area contributed by atoms with Crippen LogP contribution in [0, 0.1) is 0 Å². The highest BCUT2D eigenvalue weighted by Gasteiger charge is 2.56. The maximum atomic E-state index is 12.6. The molecule has 0 heterocycles. The van der Waals surface area contributed by atoms with Gasteiger partial charge < -0.3 is 13.3 Å². The van der Waals surface area contributed by atoms with Gasteiger partial charge in [0, 0.05) is 0 Å².